The minimum absolute atomic E-state index is 0. The molecule has 0 spiro atoms. The third kappa shape index (κ3) is 3.52. The third-order valence-electron chi connectivity index (χ3n) is 2.47. The van der Waals surface area contributed by atoms with Crippen LogP contribution in [0.25, 0.3) is 20.4 Å². The van der Waals surface area contributed by atoms with Gasteiger partial charge in [0.05, 0.1) is 31.5 Å². The zero-order chi connectivity index (χ0) is 12.2. The average Bonchev–Trinajstić information content (AvgIpc) is 3.08. The Balaban J connectivity index is 0.000000133. The van der Waals surface area contributed by atoms with Gasteiger partial charge >= 0.3 is 0 Å². The Morgan fingerprint density at radius 1 is 0.632 bits per heavy atom. The van der Waals surface area contributed by atoms with Gasteiger partial charge in [0, 0.05) is 23.9 Å². The van der Waals surface area contributed by atoms with Crippen LogP contribution in [0.5, 0.6) is 0 Å². The summed E-state index contributed by atoms with van der Waals surface area (Å²) >= 11 is 3.35. The van der Waals surface area contributed by atoms with Gasteiger partial charge in [0.2, 0.25) is 0 Å². The molecule has 0 aliphatic heterocycles. The maximum atomic E-state index is 4.14. The second-order valence-corrected chi connectivity index (χ2v) is 5.41. The Bertz CT molecular complexity index is 637. The molecule has 0 fully saturated rings. The molecule has 0 atom stereocenters. The minimum Gasteiger partial charge on any atom is -0.245 e. The maximum Gasteiger partial charge on any atom is 0.0812 e. The van der Waals surface area contributed by atoms with Crippen molar-refractivity contribution in [1.82, 2.24) is 9.97 Å². The summed E-state index contributed by atoms with van der Waals surface area (Å²) in [5.74, 6) is 0. The van der Waals surface area contributed by atoms with Crippen molar-refractivity contribution in [2.75, 3.05) is 0 Å². The van der Waals surface area contributed by atoms with Crippen LogP contribution in [0.15, 0.2) is 59.6 Å². The molecule has 0 aliphatic rings. The summed E-state index contributed by atoms with van der Waals surface area (Å²) in [7, 11) is 0. The van der Waals surface area contributed by atoms with E-state index in [0.29, 0.717) is 0 Å². The Kier molecular flexibility index (Phi) is 5.30. The Morgan fingerprint density at radius 3 is 1.47 bits per heavy atom. The first-order chi connectivity index (χ1) is 8.93. The molecule has 4 rings (SSSR count). The van der Waals surface area contributed by atoms with E-state index in [4.69, 9.17) is 0 Å². The fourth-order valence-corrected chi connectivity index (χ4v) is 2.96. The zero-order valence-corrected chi connectivity index (χ0v) is 14.5. The van der Waals surface area contributed by atoms with E-state index >= 15 is 0 Å². The monoisotopic (exact) mass is 390 g/mol. The van der Waals surface area contributed by atoms with Crippen LogP contribution in [0.4, 0.5) is 0 Å². The molecule has 19 heavy (non-hydrogen) atoms. The van der Waals surface area contributed by atoms with Crippen molar-refractivity contribution >= 4 is 67.0 Å². The van der Waals surface area contributed by atoms with Crippen LogP contribution < -0.4 is 0 Å². The van der Waals surface area contributed by atoms with Gasteiger partial charge in [-0.2, -0.15) is 0 Å². The number of fused-ring (bicyclic) bond motifs is 2. The number of benzene rings is 2. The number of aromatic nitrogens is 2. The fraction of sp³-hybridized carbons (Fsp3) is 0. The zero-order valence-electron chi connectivity index (χ0n) is 9.98. The second-order valence-electron chi connectivity index (χ2n) is 3.64. The van der Waals surface area contributed by atoms with E-state index in [0.717, 1.165) is 11.0 Å². The van der Waals surface area contributed by atoms with E-state index in [1.807, 2.05) is 47.4 Å². The van der Waals surface area contributed by atoms with Crippen molar-refractivity contribution < 1.29 is 0 Å². The standard InChI is InChI=1S/2C7H5NS.Sn/c2*1-2-4-7-6(3-1)8-5-9-7;/h2*1-5H;. The minimum atomic E-state index is 0. The summed E-state index contributed by atoms with van der Waals surface area (Å²) in [4.78, 5) is 8.27. The van der Waals surface area contributed by atoms with E-state index in [1.165, 1.54) is 9.40 Å². The van der Waals surface area contributed by atoms with Gasteiger partial charge in [0.1, 0.15) is 0 Å². The van der Waals surface area contributed by atoms with E-state index < -0.39 is 0 Å². The second kappa shape index (κ2) is 6.98. The van der Waals surface area contributed by atoms with Crippen LogP contribution >= 0.6 is 22.7 Å². The number of nitrogens with zero attached hydrogens (tertiary/aromatic N) is 2. The van der Waals surface area contributed by atoms with Crippen LogP contribution in [0.2, 0.25) is 0 Å². The predicted octanol–water partition coefficient (Wildman–Crippen LogP) is 4.21. The SMILES string of the molecule is [Sn].c1ccc2scnc2c1.c1ccc2scnc2c1. The summed E-state index contributed by atoms with van der Waals surface area (Å²) in [6, 6.07) is 16.3. The molecule has 0 aliphatic carbocycles. The van der Waals surface area contributed by atoms with Crippen molar-refractivity contribution in [3.05, 3.63) is 59.6 Å². The molecule has 92 valence electrons. The molecule has 4 aromatic rings. The van der Waals surface area contributed by atoms with Crippen molar-refractivity contribution in [3.63, 3.8) is 0 Å². The van der Waals surface area contributed by atoms with E-state index in [9.17, 15) is 0 Å². The number of rotatable bonds is 0. The van der Waals surface area contributed by atoms with Crippen molar-refractivity contribution in [3.8, 4) is 0 Å². The van der Waals surface area contributed by atoms with Crippen LogP contribution in [-0.4, -0.2) is 33.9 Å². The largest absolute Gasteiger partial charge is 0.245 e. The molecule has 4 radical (unpaired) electrons. The summed E-state index contributed by atoms with van der Waals surface area (Å²) in [5, 5.41) is 0. The maximum absolute atomic E-state index is 4.14. The van der Waals surface area contributed by atoms with E-state index in [2.05, 4.69) is 22.1 Å². The van der Waals surface area contributed by atoms with Crippen molar-refractivity contribution in [2.24, 2.45) is 0 Å². The Hall–Kier alpha value is -0.981. The van der Waals surface area contributed by atoms with Crippen LogP contribution in [-0.2, 0) is 0 Å². The van der Waals surface area contributed by atoms with Crippen molar-refractivity contribution in [2.45, 2.75) is 0 Å². The molecule has 0 saturated carbocycles. The molecule has 0 bridgehead atoms. The molecule has 0 unspecified atom stereocenters. The first-order valence-corrected chi connectivity index (χ1v) is 7.26. The van der Waals surface area contributed by atoms with E-state index in [1.54, 1.807) is 22.7 Å². The van der Waals surface area contributed by atoms with E-state index in [-0.39, 0.29) is 23.9 Å². The summed E-state index contributed by atoms with van der Waals surface area (Å²) in [6.07, 6.45) is 0. The molecule has 2 heterocycles. The number of thiazole rings is 2. The molecular weight excluding hydrogens is 379 g/mol. The van der Waals surface area contributed by atoms with Gasteiger partial charge in [-0.15, -0.1) is 22.7 Å². The van der Waals surface area contributed by atoms with Crippen LogP contribution in [0.3, 0.4) is 0 Å². The predicted molar refractivity (Wildman–Crippen MR) is 85.0 cm³/mol. The van der Waals surface area contributed by atoms with Gasteiger partial charge < -0.3 is 0 Å². The summed E-state index contributed by atoms with van der Waals surface area (Å²) < 4.78 is 2.52. The Morgan fingerprint density at radius 2 is 1.05 bits per heavy atom. The third-order valence-corrected chi connectivity index (χ3v) is 4.09. The first kappa shape index (κ1) is 14.4. The molecule has 2 nitrogen and oxygen atoms in total. The quantitative estimate of drug-likeness (QED) is 0.421. The number of hydrogen-bond acceptors (Lipinski definition) is 4. The molecule has 2 aromatic heterocycles. The molecule has 0 saturated heterocycles. The van der Waals surface area contributed by atoms with Gasteiger partial charge in [0.15, 0.2) is 0 Å². The first-order valence-electron chi connectivity index (χ1n) is 5.50. The number of para-hydroxylation sites is 2. The molecule has 0 N–H and O–H groups in total. The Labute approximate surface area is 136 Å². The molecule has 5 heteroatoms. The smallest absolute Gasteiger partial charge is 0.0812 e. The topological polar surface area (TPSA) is 25.8 Å². The normalized spacial score (nSPS) is 9.68. The van der Waals surface area contributed by atoms with Gasteiger partial charge in [0.25, 0.3) is 0 Å². The van der Waals surface area contributed by atoms with Crippen LogP contribution in [0.1, 0.15) is 0 Å². The summed E-state index contributed by atoms with van der Waals surface area (Å²) in [6.45, 7) is 0. The van der Waals surface area contributed by atoms with Gasteiger partial charge in [-0.25, -0.2) is 9.97 Å². The molecular formula is C14H10N2S2Sn. The van der Waals surface area contributed by atoms with Gasteiger partial charge in [-0.05, 0) is 24.3 Å². The average molecular weight is 389 g/mol. The van der Waals surface area contributed by atoms with Crippen molar-refractivity contribution in [1.29, 1.82) is 0 Å². The molecule has 2 aromatic carbocycles. The fourth-order valence-electron chi connectivity index (χ4n) is 1.61. The number of hydrogen-bond donors (Lipinski definition) is 0. The van der Waals surface area contributed by atoms with Gasteiger partial charge in [-0.1, -0.05) is 24.3 Å². The van der Waals surface area contributed by atoms with Gasteiger partial charge in [-0.3, -0.25) is 0 Å². The van der Waals surface area contributed by atoms with Crippen LogP contribution in [0, 0.1) is 0 Å². The molecule has 0 amide bonds. The summed E-state index contributed by atoms with van der Waals surface area (Å²) in [5.41, 5.74) is 5.93.